The molecule has 1 atom stereocenters. The molecule has 0 N–H and O–H groups in total. The fourth-order valence-corrected chi connectivity index (χ4v) is 3.26. The van der Waals surface area contributed by atoms with E-state index in [9.17, 15) is 4.79 Å². The van der Waals surface area contributed by atoms with E-state index in [0.717, 1.165) is 18.4 Å². The lowest BCUT2D eigenvalue weighted by Crippen LogP contribution is -2.14. The lowest BCUT2D eigenvalue weighted by Gasteiger charge is -2.25. The predicted octanol–water partition coefficient (Wildman–Crippen LogP) is 5.03. The number of Topliss-reactive ketones (excluding diaryl/α,β-unsaturated/α-hetero) is 1. The molecule has 2 aromatic carbocycles. The minimum Gasteiger partial charge on any atom is -0.294 e. The minimum atomic E-state index is 0.189. The molecule has 1 nitrogen and oxygen atoms in total. The number of carbonyl (C=O) groups is 1. The van der Waals surface area contributed by atoms with Crippen molar-refractivity contribution in [3.8, 4) is 0 Å². The Morgan fingerprint density at radius 1 is 1.15 bits per heavy atom. The number of aryl methyl sites for hydroxylation is 1. The van der Waals surface area contributed by atoms with Gasteiger partial charge in [0.25, 0.3) is 0 Å². The number of carbonyl (C=O) groups excluding carboxylic acids is 1. The van der Waals surface area contributed by atoms with Gasteiger partial charge >= 0.3 is 0 Å². The van der Waals surface area contributed by atoms with Crippen molar-refractivity contribution in [1.29, 1.82) is 0 Å². The highest BCUT2D eigenvalue weighted by Crippen LogP contribution is 2.34. The second kappa shape index (κ2) is 5.80. The van der Waals surface area contributed by atoms with Gasteiger partial charge in [-0.25, -0.2) is 0 Å². The van der Waals surface area contributed by atoms with Crippen molar-refractivity contribution in [2.45, 2.75) is 31.6 Å². The molecule has 0 aliphatic heterocycles. The van der Waals surface area contributed by atoms with Crippen LogP contribution in [0.15, 0.2) is 48.5 Å². The van der Waals surface area contributed by atoms with E-state index in [1.165, 1.54) is 17.5 Å². The molecule has 2 heteroatoms. The highest BCUT2D eigenvalue weighted by Gasteiger charge is 2.22. The largest absolute Gasteiger partial charge is 0.294 e. The number of ketones is 1. The van der Waals surface area contributed by atoms with Crippen LogP contribution in [-0.2, 0) is 6.42 Å². The molecule has 20 heavy (non-hydrogen) atoms. The number of benzene rings is 2. The highest BCUT2D eigenvalue weighted by molar-refractivity contribution is 6.31. The monoisotopic (exact) mass is 284 g/mol. The number of rotatable bonds is 3. The Kier molecular flexibility index (Phi) is 3.88. The van der Waals surface area contributed by atoms with Crippen LogP contribution in [0.1, 0.15) is 46.7 Å². The van der Waals surface area contributed by atoms with Crippen LogP contribution in [0.5, 0.6) is 0 Å². The lowest BCUT2D eigenvalue weighted by molar-refractivity contribution is 0.0971. The average Bonchev–Trinajstić information content (AvgIpc) is 2.47. The average molecular weight is 285 g/mol. The number of fused-ring (bicyclic) bond motifs is 1. The summed E-state index contributed by atoms with van der Waals surface area (Å²) in [5.74, 6) is 0.542. The third-order valence-corrected chi connectivity index (χ3v) is 4.31. The van der Waals surface area contributed by atoms with Gasteiger partial charge in [0.2, 0.25) is 0 Å². The topological polar surface area (TPSA) is 17.1 Å². The van der Waals surface area contributed by atoms with Gasteiger partial charge in [0.05, 0.1) is 0 Å². The Bertz CT molecular complexity index is 633. The summed E-state index contributed by atoms with van der Waals surface area (Å²) in [6.07, 6.45) is 3.99. The van der Waals surface area contributed by atoms with Gasteiger partial charge in [-0.1, -0.05) is 48.0 Å². The smallest absolute Gasteiger partial charge is 0.163 e. The van der Waals surface area contributed by atoms with Gasteiger partial charge in [-0.3, -0.25) is 4.79 Å². The highest BCUT2D eigenvalue weighted by atomic mass is 35.5. The minimum absolute atomic E-state index is 0.189. The third kappa shape index (κ3) is 2.78. The maximum absolute atomic E-state index is 12.4. The molecule has 3 rings (SSSR count). The van der Waals surface area contributed by atoms with Gasteiger partial charge < -0.3 is 0 Å². The van der Waals surface area contributed by atoms with E-state index in [1.807, 2.05) is 12.1 Å². The first-order valence-corrected chi connectivity index (χ1v) is 7.48. The molecule has 0 saturated carbocycles. The summed E-state index contributed by atoms with van der Waals surface area (Å²) in [5, 5.41) is 0.625. The molecule has 102 valence electrons. The summed E-state index contributed by atoms with van der Waals surface area (Å²) in [4.78, 5) is 12.4. The van der Waals surface area contributed by atoms with Crippen LogP contribution >= 0.6 is 11.6 Å². The first-order chi connectivity index (χ1) is 9.74. The van der Waals surface area contributed by atoms with E-state index < -0.39 is 0 Å². The van der Waals surface area contributed by atoms with Gasteiger partial charge in [0.15, 0.2) is 5.78 Å². The maximum Gasteiger partial charge on any atom is 0.163 e. The van der Waals surface area contributed by atoms with Crippen LogP contribution in [0.3, 0.4) is 0 Å². The van der Waals surface area contributed by atoms with Gasteiger partial charge in [-0.05, 0) is 48.4 Å². The maximum atomic E-state index is 12.4. The predicted molar refractivity (Wildman–Crippen MR) is 82.5 cm³/mol. The van der Waals surface area contributed by atoms with E-state index in [-0.39, 0.29) is 5.78 Å². The molecule has 1 unspecified atom stereocenters. The van der Waals surface area contributed by atoms with Crippen molar-refractivity contribution in [3.05, 3.63) is 70.2 Å². The molecule has 0 spiro atoms. The fraction of sp³-hybridized carbons (Fsp3) is 0.278. The second-order valence-electron chi connectivity index (χ2n) is 5.43. The van der Waals surface area contributed by atoms with E-state index in [1.54, 1.807) is 12.1 Å². The van der Waals surface area contributed by atoms with Crippen LogP contribution in [0.2, 0.25) is 5.02 Å². The zero-order chi connectivity index (χ0) is 13.9. The molecule has 2 aromatic rings. The first kappa shape index (κ1) is 13.4. The summed E-state index contributed by atoms with van der Waals surface area (Å²) in [7, 11) is 0. The van der Waals surface area contributed by atoms with Crippen LogP contribution in [-0.4, -0.2) is 5.78 Å². The zero-order valence-corrected chi connectivity index (χ0v) is 12.1. The quantitative estimate of drug-likeness (QED) is 0.722. The molecule has 0 aromatic heterocycles. The standard InChI is InChI=1S/C18H17ClO/c19-16-9-4-8-15(11-16)18(20)12-14-7-3-6-13-5-1-2-10-17(13)14/h1-2,4-5,8-11,14H,3,6-7,12H2. The summed E-state index contributed by atoms with van der Waals surface area (Å²) < 4.78 is 0. The van der Waals surface area contributed by atoms with Gasteiger partial charge in [-0.15, -0.1) is 0 Å². The Hall–Kier alpha value is -1.60. The fourth-order valence-electron chi connectivity index (χ4n) is 3.07. The third-order valence-electron chi connectivity index (χ3n) is 4.07. The lowest BCUT2D eigenvalue weighted by atomic mass is 9.79. The van der Waals surface area contributed by atoms with Crippen molar-refractivity contribution in [2.75, 3.05) is 0 Å². The van der Waals surface area contributed by atoms with Crippen LogP contribution in [0.25, 0.3) is 0 Å². The van der Waals surface area contributed by atoms with Crippen LogP contribution in [0, 0.1) is 0 Å². The van der Waals surface area contributed by atoms with Crippen LogP contribution < -0.4 is 0 Å². The van der Waals surface area contributed by atoms with Gasteiger partial charge in [-0.2, -0.15) is 0 Å². The number of halogens is 1. The van der Waals surface area contributed by atoms with E-state index in [0.29, 0.717) is 17.4 Å². The Morgan fingerprint density at radius 2 is 2.00 bits per heavy atom. The van der Waals surface area contributed by atoms with Crippen LogP contribution in [0.4, 0.5) is 0 Å². The SMILES string of the molecule is O=C(CC1CCCc2ccccc21)c1cccc(Cl)c1. The van der Waals surface area contributed by atoms with Gasteiger partial charge in [0, 0.05) is 17.0 Å². The molecule has 1 aliphatic carbocycles. The molecular formula is C18H17ClO. The molecule has 0 fully saturated rings. The Balaban J connectivity index is 1.81. The zero-order valence-electron chi connectivity index (χ0n) is 11.3. The van der Waals surface area contributed by atoms with Crippen molar-refractivity contribution in [1.82, 2.24) is 0 Å². The molecule has 0 amide bonds. The molecule has 0 radical (unpaired) electrons. The summed E-state index contributed by atoms with van der Waals surface area (Å²) in [6.45, 7) is 0. The van der Waals surface area contributed by atoms with Crippen molar-refractivity contribution >= 4 is 17.4 Å². The van der Waals surface area contributed by atoms with E-state index in [2.05, 4.69) is 24.3 Å². The molecular weight excluding hydrogens is 268 g/mol. The summed E-state index contributed by atoms with van der Waals surface area (Å²) >= 11 is 5.96. The van der Waals surface area contributed by atoms with E-state index >= 15 is 0 Å². The van der Waals surface area contributed by atoms with E-state index in [4.69, 9.17) is 11.6 Å². The van der Waals surface area contributed by atoms with Crippen molar-refractivity contribution < 1.29 is 4.79 Å². The number of hydrogen-bond donors (Lipinski definition) is 0. The summed E-state index contributed by atoms with van der Waals surface area (Å²) in [6, 6.07) is 15.8. The normalized spacial score (nSPS) is 17.6. The second-order valence-corrected chi connectivity index (χ2v) is 5.86. The Morgan fingerprint density at radius 3 is 2.85 bits per heavy atom. The summed E-state index contributed by atoms with van der Waals surface area (Å²) in [5.41, 5.74) is 3.48. The molecule has 1 aliphatic rings. The first-order valence-electron chi connectivity index (χ1n) is 7.10. The molecule has 0 heterocycles. The van der Waals surface area contributed by atoms with Crippen molar-refractivity contribution in [2.24, 2.45) is 0 Å². The molecule has 0 saturated heterocycles. The number of hydrogen-bond acceptors (Lipinski definition) is 1. The molecule has 0 bridgehead atoms. The Labute approximate surface area is 124 Å². The van der Waals surface area contributed by atoms with Gasteiger partial charge in [0.1, 0.15) is 0 Å². The van der Waals surface area contributed by atoms with Crippen molar-refractivity contribution in [3.63, 3.8) is 0 Å².